The highest BCUT2D eigenvalue weighted by molar-refractivity contribution is 5.94. The van der Waals surface area contributed by atoms with Crippen molar-refractivity contribution >= 4 is 17.5 Å². The first-order valence-electron chi connectivity index (χ1n) is 9.95. The Morgan fingerprint density at radius 3 is 2.85 bits per heavy atom. The maximum absolute atomic E-state index is 12.8. The Morgan fingerprint density at radius 1 is 1.12 bits per heavy atom. The molecule has 0 saturated carbocycles. The first kappa shape index (κ1) is 17.5. The zero-order valence-electron chi connectivity index (χ0n) is 15.7. The Hall–Kier alpha value is -1.88. The van der Waals surface area contributed by atoms with Crippen LogP contribution in [-0.2, 0) is 16.0 Å². The largest absolute Gasteiger partial charge is 0.345 e. The van der Waals surface area contributed by atoms with Crippen LogP contribution in [0.4, 0.5) is 5.69 Å². The standard InChI is InChI=1S/C21H29N3O2/c1-22-12-5-10-21(20(22)26)11-15-23(16-21)14-9-19(25)24-13-4-7-17-6-2-3-8-18(17)24/h2-3,6,8H,4-5,7,9-16H2,1H3/t21-/m0/s1. The molecule has 1 aromatic carbocycles. The molecule has 0 unspecified atom stereocenters. The van der Waals surface area contributed by atoms with Crippen LogP contribution in [0.15, 0.2) is 24.3 Å². The quantitative estimate of drug-likeness (QED) is 0.836. The lowest BCUT2D eigenvalue weighted by atomic mass is 9.78. The van der Waals surface area contributed by atoms with E-state index in [0.29, 0.717) is 12.3 Å². The van der Waals surface area contributed by atoms with E-state index in [1.165, 1.54) is 5.56 Å². The fourth-order valence-corrected chi connectivity index (χ4v) is 4.98. The fourth-order valence-electron chi connectivity index (χ4n) is 4.98. The highest BCUT2D eigenvalue weighted by atomic mass is 16.2. The Morgan fingerprint density at radius 2 is 1.96 bits per heavy atom. The molecule has 2 fully saturated rings. The number of para-hydroxylation sites is 1. The monoisotopic (exact) mass is 355 g/mol. The van der Waals surface area contributed by atoms with E-state index in [-0.39, 0.29) is 11.3 Å². The molecule has 0 bridgehead atoms. The van der Waals surface area contributed by atoms with Crippen LogP contribution in [0.3, 0.4) is 0 Å². The van der Waals surface area contributed by atoms with Crippen molar-refractivity contribution in [2.75, 3.05) is 44.7 Å². The molecule has 4 rings (SSSR count). The number of carbonyl (C=O) groups excluding carboxylic acids is 2. The van der Waals surface area contributed by atoms with E-state index in [0.717, 1.165) is 70.5 Å². The number of benzene rings is 1. The smallest absolute Gasteiger partial charge is 0.229 e. The van der Waals surface area contributed by atoms with Crippen LogP contribution >= 0.6 is 0 Å². The third-order valence-corrected chi connectivity index (χ3v) is 6.44. The van der Waals surface area contributed by atoms with Crippen LogP contribution in [0.2, 0.25) is 0 Å². The van der Waals surface area contributed by atoms with E-state index < -0.39 is 0 Å². The number of likely N-dealkylation sites (tertiary alicyclic amines) is 2. The van der Waals surface area contributed by atoms with Gasteiger partial charge in [-0.25, -0.2) is 0 Å². The summed E-state index contributed by atoms with van der Waals surface area (Å²) in [6, 6.07) is 8.26. The van der Waals surface area contributed by atoms with Crippen LogP contribution < -0.4 is 4.90 Å². The maximum Gasteiger partial charge on any atom is 0.229 e. The number of anilines is 1. The average molecular weight is 355 g/mol. The molecule has 0 radical (unpaired) electrons. The molecule has 1 spiro atoms. The van der Waals surface area contributed by atoms with Crippen LogP contribution in [0.25, 0.3) is 0 Å². The molecule has 0 aliphatic carbocycles. The number of piperidine rings is 1. The van der Waals surface area contributed by atoms with Crippen LogP contribution in [0.5, 0.6) is 0 Å². The second kappa shape index (κ2) is 7.03. The molecule has 1 atom stereocenters. The van der Waals surface area contributed by atoms with E-state index in [4.69, 9.17) is 0 Å². The van der Waals surface area contributed by atoms with Crippen molar-refractivity contribution in [2.45, 2.75) is 38.5 Å². The van der Waals surface area contributed by atoms with E-state index in [2.05, 4.69) is 23.1 Å². The summed E-state index contributed by atoms with van der Waals surface area (Å²) in [5.74, 6) is 0.521. The second-order valence-electron chi connectivity index (χ2n) is 8.16. The predicted molar refractivity (Wildman–Crippen MR) is 102 cm³/mol. The van der Waals surface area contributed by atoms with Gasteiger partial charge in [-0.3, -0.25) is 9.59 Å². The maximum atomic E-state index is 12.8. The highest BCUT2D eigenvalue weighted by Gasteiger charge is 2.47. The summed E-state index contributed by atoms with van der Waals surface area (Å²) in [5.41, 5.74) is 2.18. The molecule has 3 heterocycles. The van der Waals surface area contributed by atoms with E-state index >= 15 is 0 Å². The summed E-state index contributed by atoms with van der Waals surface area (Å²) < 4.78 is 0. The minimum absolute atomic E-state index is 0.187. The molecule has 3 aliphatic rings. The molecular formula is C21H29N3O2. The number of hydrogen-bond donors (Lipinski definition) is 0. The van der Waals surface area contributed by atoms with Crippen molar-refractivity contribution in [2.24, 2.45) is 5.41 Å². The van der Waals surface area contributed by atoms with Gasteiger partial charge in [-0.15, -0.1) is 0 Å². The van der Waals surface area contributed by atoms with Crippen molar-refractivity contribution in [3.63, 3.8) is 0 Å². The first-order valence-corrected chi connectivity index (χ1v) is 9.95. The number of rotatable bonds is 3. The van der Waals surface area contributed by atoms with Crippen LogP contribution in [0, 0.1) is 5.41 Å². The number of aryl methyl sites for hydroxylation is 1. The van der Waals surface area contributed by atoms with E-state index in [9.17, 15) is 9.59 Å². The minimum atomic E-state index is -0.187. The summed E-state index contributed by atoms with van der Waals surface area (Å²) in [6.07, 6.45) is 5.67. The van der Waals surface area contributed by atoms with Gasteiger partial charge < -0.3 is 14.7 Å². The Labute approximate surface area is 155 Å². The SMILES string of the molecule is CN1CCC[C@@]2(CCN(CCC(=O)N3CCCc4ccccc43)C2)C1=O. The van der Waals surface area contributed by atoms with Gasteiger partial charge in [0.2, 0.25) is 11.8 Å². The van der Waals surface area contributed by atoms with Crippen molar-refractivity contribution in [1.82, 2.24) is 9.80 Å². The van der Waals surface area contributed by atoms with Gasteiger partial charge in [0.25, 0.3) is 0 Å². The van der Waals surface area contributed by atoms with E-state index in [1.54, 1.807) is 0 Å². The molecule has 2 amide bonds. The van der Waals surface area contributed by atoms with Crippen LogP contribution in [0.1, 0.15) is 37.7 Å². The zero-order chi connectivity index (χ0) is 18.1. The Kier molecular flexibility index (Phi) is 4.74. The predicted octanol–water partition coefficient (Wildman–Crippen LogP) is 2.30. The molecular weight excluding hydrogens is 326 g/mol. The van der Waals surface area contributed by atoms with Gasteiger partial charge in [0.05, 0.1) is 5.41 Å². The molecule has 1 aromatic rings. The zero-order valence-corrected chi connectivity index (χ0v) is 15.7. The molecule has 0 aromatic heterocycles. The first-order chi connectivity index (χ1) is 12.6. The van der Waals surface area contributed by atoms with Crippen molar-refractivity contribution in [1.29, 1.82) is 0 Å². The van der Waals surface area contributed by atoms with Gasteiger partial charge >= 0.3 is 0 Å². The molecule has 140 valence electrons. The van der Waals surface area contributed by atoms with Gasteiger partial charge in [0, 0.05) is 45.3 Å². The van der Waals surface area contributed by atoms with E-state index in [1.807, 2.05) is 22.9 Å². The van der Waals surface area contributed by atoms with Gasteiger partial charge in [-0.1, -0.05) is 18.2 Å². The van der Waals surface area contributed by atoms with Crippen molar-refractivity contribution in [3.05, 3.63) is 29.8 Å². The normalized spacial score (nSPS) is 26.4. The number of carbonyl (C=O) groups is 2. The number of amides is 2. The van der Waals surface area contributed by atoms with Crippen LogP contribution in [-0.4, -0.2) is 61.4 Å². The molecule has 0 N–H and O–H groups in total. The van der Waals surface area contributed by atoms with Gasteiger partial charge in [0.1, 0.15) is 0 Å². The second-order valence-corrected chi connectivity index (χ2v) is 8.16. The summed E-state index contributed by atoms with van der Waals surface area (Å²) in [6.45, 7) is 4.22. The Balaban J connectivity index is 1.36. The fraction of sp³-hybridized carbons (Fsp3) is 0.619. The summed E-state index contributed by atoms with van der Waals surface area (Å²) >= 11 is 0. The number of hydrogen-bond acceptors (Lipinski definition) is 3. The lowest BCUT2D eigenvalue weighted by Gasteiger charge is -2.37. The van der Waals surface area contributed by atoms with Gasteiger partial charge in [-0.05, 0) is 50.3 Å². The molecule has 5 heteroatoms. The lowest BCUT2D eigenvalue weighted by Crippen LogP contribution is -2.48. The van der Waals surface area contributed by atoms with Crippen molar-refractivity contribution in [3.8, 4) is 0 Å². The summed E-state index contributed by atoms with van der Waals surface area (Å²) in [5, 5.41) is 0. The molecule has 3 aliphatic heterocycles. The summed E-state index contributed by atoms with van der Waals surface area (Å²) in [7, 11) is 1.92. The minimum Gasteiger partial charge on any atom is -0.345 e. The molecule has 2 saturated heterocycles. The van der Waals surface area contributed by atoms with Gasteiger partial charge in [0.15, 0.2) is 0 Å². The van der Waals surface area contributed by atoms with Crippen molar-refractivity contribution < 1.29 is 9.59 Å². The molecule has 5 nitrogen and oxygen atoms in total. The van der Waals surface area contributed by atoms with Gasteiger partial charge in [-0.2, -0.15) is 0 Å². The lowest BCUT2D eigenvalue weighted by molar-refractivity contribution is -0.143. The summed E-state index contributed by atoms with van der Waals surface area (Å²) in [4.78, 5) is 31.6. The third kappa shape index (κ3) is 3.13. The topological polar surface area (TPSA) is 43.9 Å². The average Bonchev–Trinajstić information content (AvgIpc) is 3.08. The third-order valence-electron chi connectivity index (χ3n) is 6.44. The highest BCUT2D eigenvalue weighted by Crippen LogP contribution is 2.39. The Bertz CT molecular complexity index is 704. The number of fused-ring (bicyclic) bond motifs is 1. The molecule has 26 heavy (non-hydrogen) atoms. The number of nitrogens with zero attached hydrogens (tertiary/aromatic N) is 3.